The maximum atomic E-state index is 9.92. The molecule has 0 rings (SSSR count). The molecule has 0 radical (unpaired) electrons. The maximum Gasteiger partial charge on any atom is 0.323 e. The molecule has 0 atom stereocenters. The largest absolute Gasteiger partial charge is 0.480 e. The number of aliphatic carboxylic acids is 1. The molecule has 0 aromatic heterocycles. The van der Waals surface area contributed by atoms with Crippen LogP contribution in [-0.4, -0.2) is 46.7 Å². The monoisotopic (exact) mass is 191 g/mol. The highest BCUT2D eigenvalue weighted by Gasteiger charge is 2.03. The van der Waals surface area contributed by atoms with E-state index in [1.807, 2.05) is 0 Å². The predicted octanol–water partition coefficient (Wildman–Crippen LogP) is -0.717. The smallest absolute Gasteiger partial charge is 0.323 e. The van der Waals surface area contributed by atoms with E-state index >= 15 is 0 Å². The topological polar surface area (TPSA) is 111 Å². The Hall–Kier alpha value is -1.30. The highest BCUT2D eigenvalue weighted by Crippen LogP contribution is 1.76. The summed E-state index contributed by atoms with van der Waals surface area (Å²) >= 11 is 0. The van der Waals surface area contributed by atoms with Crippen LogP contribution >= 0.6 is 0 Å². The molecule has 13 heavy (non-hydrogen) atoms. The minimum Gasteiger partial charge on any atom is -0.480 e. The molecule has 0 amide bonds. The lowest BCUT2D eigenvalue weighted by Crippen LogP contribution is -2.36. The number of likely N-dealkylation sites (N-methyl/N-ethyl adjacent to an activating group) is 1. The van der Waals surface area contributed by atoms with E-state index < -0.39 is 5.97 Å². The minimum atomic E-state index is -0.993. The van der Waals surface area contributed by atoms with Crippen LogP contribution in [0, 0.1) is 5.41 Å². The first kappa shape index (κ1) is 14.2. The van der Waals surface area contributed by atoms with Gasteiger partial charge in [-0.25, -0.2) is 0 Å². The van der Waals surface area contributed by atoms with Gasteiger partial charge in [0.2, 0.25) is 0 Å². The Kier molecular flexibility index (Phi) is 8.05. The predicted molar refractivity (Wildman–Crippen MR) is 49.5 cm³/mol. The van der Waals surface area contributed by atoms with Gasteiger partial charge in [-0.3, -0.25) is 10.2 Å². The summed E-state index contributed by atoms with van der Waals surface area (Å²) < 4.78 is 0. The first-order chi connectivity index (χ1) is 5.77. The summed E-state index contributed by atoms with van der Waals surface area (Å²) in [7, 11) is 1.44. The number of hydrogen-bond acceptors (Lipinski definition) is 3. The quantitative estimate of drug-likeness (QED) is 0.340. The van der Waals surface area contributed by atoms with Gasteiger partial charge in [-0.15, -0.1) is 0 Å². The van der Waals surface area contributed by atoms with Crippen molar-refractivity contribution in [1.29, 1.82) is 5.41 Å². The molecule has 0 aromatic carbocycles. The maximum absolute atomic E-state index is 9.92. The van der Waals surface area contributed by atoms with Crippen LogP contribution in [0.15, 0.2) is 0 Å². The molecule has 0 bridgehead atoms. The highest BCUT2D eigenvalue weighted by atomic mass is 16.4. The number of aliphatic hydroxyl groups excluding tert-OH is 1. The average molecular weight is 191 g/mol. The van der Waals surface area contributed by atoms with Gasteiger partial charge in [-0.1, -0.05) is 0 Å². The highest BCUT2D eigenvalue weighted by molar-refractivity contribution is 5.79. The molecule has 78 valence electrons. The molecule has 0 aliphatic rings. The lowest BCUT2D eigenvalue weighted by molar-refractivity contribution is -0.137. The van der Waals surface area contributed by atoms with Gasteiger partial charge in [0, 0.05) is 13.2 Å². The lowest BCUT2D eigenvalue weighted by atomic mass is 10.5. The Bertz CT molecular complexity index is 168. The van der Waals surface area contributed by atoms with Crippen molar-refractivity contribution in [2.45, 2.75) is 20.0 Å². The molecule has 0 unspecified atom stereocenters. The first-order valence-corrected chi connectivity index (χ1v) is 3.72. The average Bonchev–Trinajstić information content (AvgIpc) is 1.83. The summed E-state index contributed by atoms with van der Waals surface area (Å²) in [4.78, 5) is 11.0. The van der Waals surface area contributed by atoms with Gasteiger partial charge in [0.1, 0.15) is 6.54 Å². The molecular formula is C7H17N3O3. The molecule has 0 saturated heterocycles. The lowest BCUT2D eigenvalue weighted by Gasteiger charge is -2.12. The number of nitrogens with zero attached hydrogens (tertiary/aromatic N) is 1. The second kappa shape index (κ2) is 7.35. The van der Waals surface area contributed by atoms with E-state index in [4.69, 9.17) is 21.4 Å². The Morgan fingerprint density at radius 3 is 2.00 bits per heavy atom. The van der Waals surface area contributed by atoms with Gasteiger partial charge in [-0.05, 0) is 13.8 Å². The van der Waals surface area contributed by atoms with E-state index in [1.165, 1.54) is 7.05 Å². The Labute approximate surface area is 77.5 Å². The van der Waals surface area contributed by atoms with Crippen LogP contribution in [0.4, 0.5) is 0 Å². The number of rotatable bonds is 2. The fraction of sp³-hybridized carbons (Fsp3) is 0.714. The summed E-state index contributed by atoms with van der Waals surface area (Å²) in [6.07, 6.45) is -0.167. The molecule has 0 heterocycles. The zero-order valence-corrected chi connectivity index (χ0v) is 8.11. The van der Waals surface area contributed by atoms with Crippen LogP contribution in [-0.2, 0) is 4.79 Å². The normalized spacial score (nSPS) is 8.69. The zero-order valence-electron chi connectivity index (χ0n) is 8.11. The van der Waals surface area contributed by atoms with E-state index in [-0.39, 0.29) is 18.6 Å². The van der Waals surface area contributed by atoms with Gasteiger partial charge < -0.3 is 20.8 Å². The van der Waals surface area contributed by atoms with Gasteiger partial charge in [-0.2, -0.15) is 0 Å². The Balaban J connectivity index is 0. The van der Waals surface area contributed by atoms with Crippen LogP contribution in [0.3, 0.4) is 0 Å². The number of aliphatic hydroxyl groups is 1. The standard InChI is InChI=1S/C4H9N3O2.C3H8O/c1-7(4(5)6)2-3(8)9;1-3(2)4/h2H2,1H3,(H3,5,6)(H,8,9);3-4H,1-2H3. The number of nitrogens with two attached hydrogens (primary N) is 1. The SMILES string of the molecule is CC(C)O.CN(CC(=O)O)C(=N)N. The van der Waals surface area contributed by atoms with Crippen molar-refractivity contribution in [3.8, 4) is 0 Å². The molecule has 0 aliphatic carbocycles. The second-order valence-corrected chi connectivity index (χ2v) is 2.73. The molecule has 0 fully saturated rings. The number of hydrogen-bond donors (Lipinski definition) is 4. The molecule has 5 N–H and O–H groups in total. The van der Waals surface area contributed by atoms with E-state index in [2.05, 4.69) is 0 Å². The third-order valence-corrected chi connectivity index (χ3v) is 0.784. The number of nitrogens with one attached hydrogen (secondary N) is 1. The number of guanidine groups is 1. The Morgan fingerprint density at radius 2 is 1.92 bits per heavy atom. The van der Waals surface area contributed by atoms with Crippen molar-refractivity contribution in [3.63, 3.8) is 0 Å². The molecule has 0 aromatic rings. The van der Waals surface area contributed by atoms with Crippen molar-refractivity contribution in [2.24, 2.45) is 5.73 Å². The van der Waals surface area contributed by atoms with Crippen molar-refractivity contribution in [1.82, 2.24) is 4.90 Å². The van der Waals surface area contributed by atoms with Crippen LogP contribution in [0.5, 0.6) is 0 Å². The molecule has 6 nitrogen and oxygen atoms in total. The van der Waals surface area contributed by atoms with E-state index in [0.717, 1.165) is 4.90 Å². The van der Waals surface area contributed by atoms with Gasteiger partial charge in [0.05, 0.1) is 0 Å². The molecule has 0 spiro atoms. The van der Waals surface area contributed by atoms with Crippen molar-refractivity contribution < 1.29 is 15.0 Å². The summed E-state index contributed by atoms with van der Waals surface area (Å²) in [5.41, 5.74) is 4.93. The van der Waals surface area contributed by atoms with E-state index in [9.17, 15) is 4.79 Å². The third-order valence-electron chi connectivity index (χ3n) is 0.784. The van der Waals surface area contributed by atoms with Crippen LogP contribution in [0.2, 0.25) is 0 Å². The van der Waals surface area contributed by atoms with Gasteiger partial charge >= 0.3 is 5.97 Å². The van der Waals surface area contributed by atoms with Crippen LogP contribution < -0.4 is 5.73 Å². The van der Waals surface area contributed by atoms with Crippen LogP contribution in [0.25, 0.3) is 0 Å². The first-order valence-electron chi connectivity index (χ1n) is 3.72. The fourth-order valence-electron chi connectivity index (χ4n) is 0.288. The van der Waals surface area contributed by atoms with Gasteiger partial charge in [0.15, 0.2) is 5.96 Å². The fourth-order valence-corrected chi connectivity index (χ4v) is 0.288. The van der Waals surface area contributed by atoms with Crippen LogP contribution in [0.1, 0.15) is 13.8 Å². The van der Waals surface area contributed by atoms with Crippen molar-refractivity contribution >= 4 is 11.9 Å². The molecular weight excluding hydrogens is 174 g/mol. The number of carboxylic acid groups (broad SMARTS) is 1. The van der Waals surface area contributed by atoms with E-state index in [0.29, 0.717) is 0 Å². The second-order valence-electron chi connectivity index (χ2n) is 2.73. The molecule has 0 saturated carbocycles. The Morgan fingerprint density at radius 1 is 1.62 bits per heavy atom. The third kappa shape index (κ3) is 18.0. The van der Waals surface area contributed by atoms with E-state index in [1.54, 1.807) is 13.8 Å². The summed E-state index contributed by atoms with van der Waals surface area (Å²) in [5, 5.41) is 22.9. The summed E-state index contributed by atoms with van der Waals surface area (Å²) in [5.74, 6) is -1.23. The number of carbonyl (C=O) groups is 1. The molecule has 0 aliphatic heterocycles. The minimum absolute atomic E-state index is 0.167. The van der Waals surface area contributed by atoms with Gasteiger partial charge in [0.25, 0.3) is 0 Å². The molecule has 6 heteroatoms. The summed E-state index contributed by atoms with van der Waals surface area (Å²) in [6, 6.07) is 0. The van der Waals surface area contributed by atoms with Crippen molar-refractivity contribution in [2.75, 3.05) is 13.6 Å². The number of carboxylic acids is 1. The van der Waals surface area contributed by atoms with Crippen molar-refractivity contribution in [3.05, 3.63) is 0 Å². The summed E-state index contributed by atoms with van der Waals surface area (Å²) in [6.45, 7) is 3.22. The zero-order chi connectivity index (χ0) is 11.0.